The molecule has 1 heterocycles. The second-order valence-corrected chi connectivity index (χ2v) is 5.67. The molecule has 118 valence electrons. The fraction of sp³-hybridized carbons (Fsp3) is 0.357. The van der Waals surface area contributed by atoms with Crippen LogP contribution in [0.15, 0.2) is 24.4 Å². The van der Waals surface area contributed by atoms with Gasteiger partial charge in [0.05, 0.1) is 17.2 Å². The summed E-state index contributed by atoms with van der Waals surface area (Å²) < 4.78 is 42.7. The average molecular weight is 313 g/mol. The summed E-state index contributed by atoms with van der Waals surface area (Å²) in [6, 6.07) is 4.03. The van der Waals surface area contributed by atoms with Gasteiger partial charge in [-0.15, -0.1) is 0 Å². The zero-order chi connectivity index (χ0) is 16.5. The van der Waals surface area contributed by atoms with Crippen LogP contribution < -0.4 is 10.1 Å². The van der Waals surface area contributed by atoms with E-state index in [-0.39, 0.29) is 16.8 Å². The first-order chi connectivity index (χ1) is 10.0. The van der Waals surface area contributed by atoms with Crippen molar-refractivity contribution in [1.29, 1.82) is 0 Å². The van der Waals surface area contributed by atoms with E-state index in [1.54, 1.807) is 20.8 Å². The van der Waals surface area contributed by atoms with Crippen molar-refractivity contribution in [1.82, 2.24) is 15.3 Å². The Hall–Kier alpha value is -2.38. The van der Waals surface area contributed by atoms with Crippen LogP contribution >= 0.6 is 0 Å². The van der Waals surface area contributed by atoms with Crippen LogP contribution in [0.2, 0.25) is 0 Å². The summed E-state index contributed by atoms with van der Waals surface area (Å²) in [5.41, 5.74) is -1.26. The average Bonchev–Trinajstić information content (AvgIpc) is 2.34. The maximum atomic E-state index is 12.5. The number of carbonyl (C=O) groups excluding carboxylic acids is 1. The summed E-state index contributed by atoms with van der Waals surface area (Å²) in [5.74, 6) is 0.170. The number of halogens is 3. The van der Waals surface area contributed by atoms with E-state index in [1.807, 2.05) is 0 Å². The molecule has 0 saturated heterocycles. The quantitative estimate of drug-likeness (QED) is 0.874. The van der Waals surface area contributed by atoms with Crippen LogP contribution in [-0.4, -0.2) is 21.6 Å². The number of carbonyl (C=O) groups is 1. The molecule has 5 nitrogen and oxygen atoms in total. The highest BCUT2D eigenvalue weighted by atomic mass is 19.4. The van der Waals surface area contributed by atoms with Gasteiger partial charge in [-0.05, 0) is 32.9 Å². The van der Waals surface area contributed by atoms with Gasteiger partial charge in [-0.1, -0.05) is 0 Å². The van der Waals surface area contributed by atoms with E-state index in [4.69, 9.17) is 4.74 Å². The summed E-state index contributed by atoms with van der Waals surface area (Å²) in [5, 5.41) is 2.60. The van der Waals surface area contributed by atoms with Gasteiger partial charge in [0.2, 0.25) is 0 Å². The zero-order valence-corrected chi connectivity index (χ0v) is 12.2. The van der Waals surface area contributed by atoms with Gasteiger partial charge in [-0.25, -0.2) is 9.78 Å². The largest absolute Gasteiger partial charge is 0.434 e. The lowest BCUT2D eigenvalue weighted by Gasteiger charge is -2.19. The van der Waals surface area contributed by atoms with Crippen molar-refractivity contribution >= 4 is 17.1 Å². The summed E-state index contributed by atoms with van der Waals surface area (Å²) >= 11 is 0. The molecular formula is C14H14F3N3O2. The standard InChI is InChI=1S/C14H14F3N3O2/c1-13(2,3)20-12(21)22-8-4-5-9-10(6-8)18-7-11(19-9)14(15,16)17/h4-7H,1-3H3,(H,20,21). The second kappa shape index (κ2) is 5.43. The van der Waals surface area contributed by atoms with Gasteiger partial charge in [0, 0.05) is 11.6 Å². The minimum absolute atomic E-state index is 0.0680. The molecule has 0 spiro atoms. The van der Waals surface area contributed by atoms with Gasteiger partial charge in [0.15, 0.2) is 5.69 Å². The Morgan fingerprint density at radius 3 is 2.45 bits per heavy atom. The van der Waals surface area contributed by atoms with Gasteiger partial charge in [-0.3, -0.25) is 4.98 Å². The number of aromatic nitrogens is 2. The van der Waals surface area contributed by atoms with Crippen LogP contribution in [0.1, 0.15) is 26.5 Å². The van der Waals surface area contributed by atoms with Gasteiger partial charge in [-0.2, -0.15) is 13.2 Å². The molecule has 1 aromatic carbocycles. The third kappa shape index (κ3) is 4.06. The predicted octanol–water partition coefficient (Wildman–Crippen LogP) is 3.54. The number of nitrogens with one attached hydrogen (secondary N) is 1. The number of hydrogen-bond acceptors (Lipinski definition) is 4. The number of rotatable bonds is 1. The molecule has 0 aliphatic carbocycles. The van der Waals surface area contributed by atoms with E-state index < -0.39 is 23.5 Å². The van der Waals surface area contributed by atoms with Crippen LogP contribution in [0.25, 0.3) is 11.0 Å². The topological polar surface area (TPSA) is 64.1 Å². The molecule has 1 N–H and O–H groups in total. The minimum Gasteiger partial charge on any atom is -0.410 e. The maximum Gasteiger partial charge on any atom is 0.434 e. The fourth-order valence-corrected chi connectivity index (χ4v) is 1.63. The Morgan fingerprint density at radius 2 is 1.86 bits per heavy atom. The lowest BCUT2D eigenvalue weighted by atomic mass is 10.1. The lowest BCUT2D eigenvalue weighted by molar-refractivity contribution is -0.141. The van der Waals surface area contributed by atoms with Crippen molar-refractivity contribution in [2.45, 2.75) is 32.5 Å². The first-order valence-electron chi connectivity index (χ1n) is 6.39. The molecule has 0 aliphatic heterocycles. The zero-order valence-electron chi connectivity index (χ0n) is 12.2. The number of amides is 1. The van der Waals surface area contributed by atoms with Crippen molar-refractivity contribution in [2.24, 2.45) is 0 Å². The molecule has 0 fully saturated rings. The summed E-state index contributed by atoms with van der Waals surface area (Å²) in [7, 11) is 0. The SMILES string of the molecule is CC(C)(C)NC(=O)Oc1ccc2nc(C(F)(F)F)cnc2c1. The molecule has 0 atom stereocenters. The van der Waals surface area contributed by atoms with Crippen LogP contribution in [0, 0.1) is 0 Å². The van der Waals surface area contributed by atoms with E-state index >= 15 is 0 Å². The van der Waals surface area contributed by atoms with Crippen LogP contribution in [-0.2, 0) is 6.18 Å². The molecule has 2 aromatic rings. The van der Waals surface area contributed by atoms with Gasteiger partial charge < -0.3 is 10.1 Å². The van der Waals surface area contributed by atoms with Crippen LogP contribution in [0.5, 0.6) is 5.75 Å². The van der Waals surface area contributed by atoms with Crippen LogP contribution in [0.3, 0.4) is 0 Å². The Balaban J connectivity index is 2.23. The molecule has 0 aliphatic rings. The number of hydrogen-bond donors (Lipinski definition) is 1. The highest BCUT2D eigenvalue weighted by molar-refractivity contribution is 5.78. The molecule has 1 amide bonds. The van der Waals surface area contributed by atoms with Crippen LogP contribution in [0.4, 0.5) is 18.0 Å². The van der Waals surface area contributed by atoms with Gasteiger partial charge >= 0.3 is 12.3 Å². The Morgan fingerprint density at radius 1 is 1.18 bits per heavy atom. The first kappa shape index (κ1) is 16.0. The Bertz CT molecular complexity index is 709. The first-order valence-corrected chi connectivity index (χ1v) is 6.39. The third-order valence-corrected chi connectivity index (χ3v) is 2.49. The van der Waals surface area contributed by atoms with Crippen molar-refractivity contribution < 1.29 is 22.7 Å². The fourth-order valence-electron chi connectivity index (χ4n) is 1.63. The monoisotopic (exact) mass is 313 g/mol. The van der Waals surface area contributed by atoms with E-state index in [0.717, 1.165) is 0 Å². The van der Waals surface area contributed by atoms with Crippen molar-refractivity contribution in [2.75, 3.05) is 0 Å². The van der Waals surface area contributed by atoms with E-state index in [2.05, 4.69) is 15.3 Å². The van der Waals surface area contributed by atoms with E-state index in [0.29, 0.717) is 6.20 Å². The highest BCUT2D eigenvalue weighted by Crippen LogP contribution is 2.28. The van der Waals surface area contributed by atoms with E-state index in [9.17, 15) is 18.0 Å². The molecule has 0 bridgehead atoms. The molecule has 1 aromatic heterocycles. The Labute approximate surface area is 124 Å². The molecule has 2 rings (SSSR count). The number of ether oxygens (including phenoxy) is 1. The molecule has 8 heteroatoms. The number of alkyl halides is 3. The minimum atomic E-state index is -4.55. The van der Waals surface area contributed by atoms with Crippen molar-refractivity contribution in [3.05, 3.63) is 30.1 Å². The highest BCUT2D eigenvalue weighted by Gasteiger charge is 2.33. The van der Waals surface area contributed by atoms with E-state index in [1.165, 1.54) is 18.2 Å². The Kier molecular flexibility index (Phi) is 3.95. The molecule has 0 unspecified atom stereocenters. The number of nitrogens with zero attached hydrogens (tertiary/aromatic N) is 2. The number of benzene rings is 1. The lowest BCUT2D eigenvalue weighted by Crippen LogP contribution is -2.42. The number of fused-ring (bicyclic) bond motifs is 1. The smallest absolute Gasteiger partial charge is 0.410 e. The molecular weight excluding hydrogens is 299 g/mol. The second-order valence-electron chi connectivity index (χ2n) is 5.67. The van der Waals surface area contributed by atoms with Gasteiger partial charge in [0.25, 0.3) is 0 Å². The summed E-state index contributed by atoms with van der Waals surface area (Å²) in [6.45, 7) is 5.37. The maximum absolute atomic E-state index is 12.5. The predicted molar refractivity (Wildman–Crippen MR) is 73.5 cm³/mol. The molecule has 0 saturated carbocycles. The molecule has 22 heavy (non-hydrogen) atoms. The van der Waals surface area contributed by atoms with Gasteiger partial charge in [0.1, 0.15) is 5.75 Å². The molecule has 0 radical (unpaired) electrons. The third-order valence-electron chi connectivity index (χ3n) is 2.49. The summed E-state index contributed by atoms with van der Waals surface area (Å²) in [4.78, 5) is 18.8. The summed E-state index contributed by atoms with van der Waals surface area (Å²) in [6.07, 6.45) is -4.57. The normalized spacial score (nSPS) is 12.3. The van der Waals surface area contributed by atoms with Crippen molar-refractivity contribution in [3.63, 3.8) is 0 Å². The van der Waals surface area contributed by atoms with Crippen molar-refractivity contribution in [3.8, 4) is 5.75 Å².